The van der Waals surface area contributed by atoms with Gasteiger partial charge in [-0.25, -0.2) is 0 Å². The summed E-state index contributed by atoms with van der Waals surface area (Å²) in [5, 5.41) is 10.8. The highest BCUT2D eigenvalue weighted by Crippen LogP contribution is 2.37. The highest BCUT2D eigenvalue weighted by atomic mass is 35.5. The molecule has 0 radical (unpaired) electrons. The summed E-state index contributed by atoms with van der Waals surface area (Å²) in [7, 11) is 3.95. The van der Waals surface area contributed by atoms with Crippen molar-refractivity contribution in [3.63, 3.8) is 0 Å². The van der Waals surface area contributed by atoms with Crippen LogP contribution in [-0.4, -0.2) is 78.4 Å². The van der Waals surface area contributed by atoms with Crippen LogP contribution in [0.25, 0.3) is 0 Å². The van der Waals surface area contributed by atoms with Gasteiger partial charge < -0.3 is 19.8 Å². The Labute approximate surface area is 165 Å². The molecule has 2 aliphatic heterocycles. The Hall–Kier alpha value is -1.79. The molecule has 0 aromatic heterocycles. The van der Waals surface area contributed by atoms with E-state index < -0.39 is 0 Å². The van der Waals surface area contributed by atoms with Crippen molar-refractivity contribution in [2.75, 3.05) is 46.8 Å². The Morgan fingerprint density at radius 2 is 2.07 bits per heavy atom. The lowest BCUT2D eigenvalue weighted by Crippen LogP contribution is -2.37. The van der Waals surface area contributed by atoms with Gasteiger partial charge in [-0.05, 0) is 44.6 Å². The molecule has 2 atom stereocenters. The number of nitrogens with zero attached hydrogens (tertiary/aromatic N) is 3. The highest BCUT2D eigenvalue weighted by Gasteiger charge is 2.39. The fourth-order valence-electron chi connectivity index (χ4n) is 3.97. The molecule has 7 heteroatoms. The minimum absolute atomic E-state index is 0.0587. The predicted octanol–water partition coefficient (Wildman–Crippen LogP) is 2.08. The molecule has 6 nitrogen and oxygen atoms in total. The van der Waals surface area contributed by atoms with Gasteiger partial charge in [-0.3, -0.25) is 9.59 Å². The van der Waals surface area contributed by atoms with Gasteiger partial charge in [-0.15, -0.1) is 0 Å². The van der Waals surface area contributed by atoms with Crippen LogP contribution in [0.15, 0.2) is 12.1 Å². The number of carbonyl (C=O) groups excluding carboxylic acids is 2. The summed E-state index contributed by atoms with van der Waals surface area (Å²) in [5.41, 5.74) is 1.77. The molecule has 1 aromatic carbocycles. The number of hydrogen-bond donors (Lipinski definition) is 1. The summed E-state index contributed by atoms with van der Waals surface area (Å²) < 4.78 is 0. The molecule has 0 bridgehead atoms. The number of carbonyl (C=O) groups is 2. The quantitative estimate of drug-likeness (QED) is 0.831. The van der Waals surface area contributed by atoms with Gasteiger partial charge in [-0.2, -0.15) is 0 Å². The van der Waals surface area contributed by atoms with Crippen LogP contribution < -0.4 is 0 Å². The minimum atomic E-state index is -0.251. The number of rotatable bonds is 5. The monoisotopic (exact) mass is 393 g/mol. The Morgan fingerprint density at radius 1 is 1.33 bits per heavy atom. The third-order valence-electron chi connectivity index (χ3n) is 5.63. The van der Waals surface area contributed by atoms with E-state index in [1.807, 2.05) is 36.9 Å². The molecule has 2 heterocycles. The van der Waals surface area contributed by atoms with Gasteiger partial charge in [0.05, 0.1) is 5.92 Å². The van der Waals surface area contributed by atoms with Gasteiger partial charge in [0.2, 0.25) is 11.8 Å². The van der Waals surface area contributed by atoms with Gasteiger partial charge >= 0.3 is 0 Å². The van der Waals surface area contributed by atoms with Gasteiger partial charge in [0.25, 0.3) is 0 Å². The van der Waals surface area contributed by atoms with Crippen LogP contribution in [0.1, 0.15) is 29.9 Å². The molecular weight excluding hydrogens is 366 g/mol. The van der Waals surface area contributed by atoms with E-state index in [0.29, 0.717) is 37.6 Å². The van der Waals surface area contributed by atoms with E-state index in [-0.39, 0.29) is 29.4 Å². The SMILES string of the molecule is Cc1cc(C2CCN(C(=O)C3CC(=O)N(CCN(C)C)C3)C2)c(O)cc1Cl. The number of hydrogen-bond acceptors (Lipinski definition) is 4. The Balaban J connectivity index is 1.61. The summed E-state index contributed by atoms with van der Waals surface area (Å²) >= 11 is 6.07. The van der Waals surface area contributed by atoms with Gasteiger partial charge in [-0.1, -0.05) is 17.7 Å². The lowest BCUT2D eigenvalue weighted by molar-refractivity contribution is -0.134. The first-order valence-electron chi connectivity index (χ1n) is 9.46. The number of amides is 2. The second-order valence-corrected chi connectivity index (χ2v) is 8.38. The first-order valence-corrected chi connectivity index (χ1v) is 9.84. The van der Waals surface area contributed by atoms with Gasteiger partial charge in [0.1, 0.15) is 5.75 Å². The average Bonchev–Trinajstić information content (AvgIpc) is 3.22. The van der Waals surface area contributed by atoms with Crippen LogP contribution in [0.2, 0.25) is 5.02 Å². The Kier molecular flexibility index (Phi) is 5.96. The zero-order valence-corrected chi connectivity index (χ0v) is 17.0. The molecule has 1 N–H and O–H groups in total. The number of benzene rings is 1. The molecule has 0 spiro atoms. The first kappa shape index (κ1) is 20.0. The lowest BCUT2D eigenvalue weighted by atomic mass is 9.96. The van der Waals surface area contributed by atoms with E-state index in [2.05, 4.69) is 0 Å². The number of halogens is 1. The molecule has 148 valence electrons. The van der Waals surface area contributed by atoms with Crippen molar-refractivity contribution in [3.05, 3.63) is 28.3 Å². The molecule has 0 aliphatic carbocycles. The summed E-state index contributed by atoms with van der Waals surface area (Å²) in [6, 6.07) is 3.49. The van der Waals surface area contributed by atoms with E-state index in [1.54, 1.807) is 11.0 Å². The van der Waals surface area contributed by atoms with E-state index in [4.69, 9.17) is 11.6 Å². The zero-order valence-electron chi connectivity index (χ0n) is 16.2. The van der Waals surface area contributed by atoms with Crippen molar-refractivity contribution in [3.8, 4) is 5.75 Å². The number of aryl methyl sites for hydroxylation is 1. The van der Waals surface area contributed by atoms with Crippen LogP contribution in [0.3, 0.4) is 0 Å². The molecule has 2 aliphatic rings. The fraction of sp³-hybridized carbons (Fsp3) is 0.600. The maximum atomic E-state index is 12.9. The fourth-order valence-corrected chi connectivity index (χ4v) is 4.13. The Morgan fingerprint density at radius 3 is 2.78 bits per heavy atom. The van der Waals surface area contributed by atoms with Crippen molar-refractivity contribution >= 4 is 23.4 Å². The number of phenols is 1. The maximum Gasteiger partial charge on any atom is 0.228 e. The van der Waals surface area contributed by atoms with E-state index >= 15 is 0 Å². The minimum Gasteiger partial charge on any atom is -0.508 e. The second kappa shape index (κ2) is 8.07. The van der Waals surface area contributed by atoms with E-state index in [0.717, 1.165) is 24.1 Å². The summed E-state index contributed by atoms with van der Waals surface area (Å²) in [4.78, 5) is 30.8. The molecular formula is C20H28ClN3O3. The lowest BCUT2D eigenvalue weighted by Gasteiger charge is -2.22. The van der Waals surface area contributed by atoms with Crippen molar-refractivity contribution in [1.82, 2.24) is 14.7 Å². The van der Waals surface area contributed by atoms with Crippen LogP contribution in [0.4, 0.5) is 0 Å². The topological polar surface area (TPSA) is 64.1 Å². The maximum absolute atomic E-state index is 12.9. The van der Waals surface area contributed by atoms with Crippen molar-refractivity contribution in [2.24, 2.45) is 5.92 Å². The summed E-state index contributed by atoms with van der Waals surface area (Å²) in [5.74, 6) is 0.168. The molecule has 2 fully saturated rings. The number of aromatic hydroxyl groups is 1. The molecule has 3 rings (SSSR count). The van der Waals surface area contributed by atoms with Crippen molar-refractivity contribution in [1.29, 1.82) is 0 Å². The smallest absolute Gasteiger partial charge is 0.228 e. The molecule has 1 aromatic rings. The van der Waals surface area contributed by atoms with Crippen LogP contribution in [0.5, 0.6) is 5.75 Å². The zero-order chi connectivity index (χ0) is 19.7. The third kappa shape index (κ3) is 4.38. The predicted molar refractivity (Wildman–Crippen MR) is 105 cm³/mol. The van der Waals surface area contributed by atoms with Crippen LogP contribution in [0, 0.1) is 12.8 Å². The number of phenolic OH excluding ortho intramolecular Hbond substituents is 1. The average molecular weight is 394 g/mol. The molecule has 2 amide bonds. The van der Waals surface area contributed by atoms with Crippen LogP contribution in [-0.2, 0) is 9.59 Å². The molecule has 0 saturated carbocycles. The number of likely N-dealkylation sites (N-methyl/N-ethyl adjacent to an activating group) is 1. The molecule has 27 heavy (non-hydrogen) atoms. The summed E-state index contributed by atoms with van der Waals surface area (Å²) in [6.07, 6.45) is 1.12. The van der Waals surface area contributed by atoms with Crippen molar-refractivity contribution < 1.29 is 14.7 Å². The van der Waals surface area contributed by atoms with Crippen molar-refractivity contribution in [2.45, 2.75) is 25.7 Å². The van der Waals surface area contributed by atoms with E-state index in [9.17, 15) is 14.7 Å². The largest absolute Gasteiger partial charge is 0.508 e. The molecule has 2 unspecified atom stereocenters. The van der Waals surface area contributed by atoms with Gasteiger partial charge in [0.15, 0.2) is 0 Å². The number of likely N-dealkylation sites (tertiary alicyclic amines) is 2. The third-order valence-corrected chi connectivity index (χ3v) is 6.04. The van der Waals surface area contributed by atoms with Crippen LogP contribution >= 0.6 is 11.6 Å². The first-order chi connectivity index (χ1) is 12.8. The highest BCUT2D eigenvalue weighted by molar-refractivity contribution is 6.31. The van der Waals surface area contributed by atoms with E-state index in [1.165, 1.54) is 0 Å². The Bertz CT molecular complexity index is 737. The second-order valence-electron chi connectivity index (χ2n) is 7.97. The van der Waals surface area contributed by atoms with Gasteiger partial charge in [0, 0.05) is 50.1 Å². The standard InChI is InChI=1S/C20H28ClN3O3/c1-13-8-16(18(25)10-17(13)21)14-4-5-24(11-14)20(27)15-9-19(26)23(12-15)7-6-22(2)3/h8,10,14-15,25H,4-7,9,11-12H2,1-3H3. The summed E-state index contributed by atoms with van der Waals surface area (Å²) in [6.45, 7) is 5.13. The normalized spacial score (nSPS) is 22.9. The molecule has 2 saturated heterocycles.